The van der Waals surface area contributed by atoms with E-state index in [0.717, 1.165) is 23.2 Å². The molecule has 0 aliphatic rings. The van der Waals surface area contributed by atoms with Crippen molar-refractivity contribution in [3.8, 4) is 0 Å². The van der Waals surface area contributed by atoms with Crippen LogP contribution in [0.4, 0.5) is 5.69 Å². The van der Waals surface area contributed by atoms with Crippen LogP contribution in [0, 0.1) is 6.92 Å². The summed E-state index contributed by atoms with van der Waals surface area (Å²) < 4.78 is 1.47. The Balaban J connectivity index is 1.46. The first-order chi connectivity index (χ1) is 15.0. The lowest BCUT2D eigenvalue weighted by molar-refractivity contribution is -0.113. The number of carbonyl (C=O) groups excluding carboxylic acids is 1. The van der Waals surface area contributed by atoms with E-state index in [-0.39, 0.29) is 23.0 Å². The van der Waals surface area contributed by atoms with Gasteiger partial charge in [-0.2, -0.15) is 9.61 Å². The third-order valence-corrected chi connectivity index (χ3v) is 5.71. The number of aromatic amines is 1. The van der Waals surface area contributed by atoms with E-state index in [1.54, 1.807) is 0 Å². The first kappa shape index (κ1) is 20.8. The van der Waals surface area contributed by atoms with Crippen LogP contribution in [0.3, 0.4) is 0 Å². The lowest BCUT2D eigenvalue weighted by atomic mass is 10.1. The number of H-pyrrole nitrogens is 1. The maximum Gasteiger partial charge on any atom is 0.274 e. The molecule has 0 spiro atoms. The van der Waals surface area contributed by atoms with E-state index in [0.29, 0.717) is 17.3 Å². The van der Waals surface area contributed by atoms with E-state index in [1.807, 2.05) is 55.5 Å². The number of benzene rings is 2. The Bertz CT molecular complexity index is 1260. The molecule has 0 saturated heterocycles. The lowest BCUT2D eigenvalue weighted by Crippen LogP contribution is -2.19. The van der Waals surface area contributed by atoms with Gasteiger partial charge >= 0.3 is 0 Å². The first-order valence-electron chi connectivity index (χ1n) is 9.93. The van der Waals surface area contributed by atoms with Crippen molar-refractivity contribution in [3.05, 3.63) is 81.3 Å². The summed E-state index contributed by atoms with van der Waals surface area (Å²) in [6, 6.07) is 15.7. The summed E-state index contributed by atoms with van der Waals surface area (Å²) >= 11 is 1.21. The van der Waals surface area contributed by atoms with Gasteiger partial charge in [0.05, 0.1) is 5.75 Å². The molecule has 0 radical (unpaired) electrons. The van der Waals surface area contributed by atoms with Crippen LogP contribution in [0.5, 0.6) is 0 Å². The van der Waals surface area contributed by atoms with Crippen molar-refractivity contribution in [2.24, 2.45) is 0 Å². The van der Waals surface area contributed by atoms with Gasteiger partial charge in [-0.05, 0) is 36.6 Å². The number of hydrogen-bond donors (Lipinski definition) is 2. The van der Waals surface area contributed by atoms with Gasteiger partial charge in [-0.3, -0.25) is 14.6 Å². The molecular formula is C22H22N6O2S. The molecule has 0 fully saturated rings. The molecular weight excluding hydrogens is 412 g/mol. The molecule has 2 aromatic carbocycles. The van der Waals surface area contributed by atoms with Gasteiger partial charge in [0.2, 0.25) is 11.1 Å². The average molecular weight is 435 g/mol. The standard InChI is InChI=1S/C22H22N6O2S/c1-3-15-8-10-17(11-9-15)23-19(29)13-31-22-26-25-21-24-20(30)18(27-28(21)22)12-16-6-4-14(2)5-7-16/h4-11H,3,12-13H2,1-2H3,(H,23,29)(H,24,25,30). The number of carbonyl (C=O) groups is 1. The van der Waals surface area contributed by atoms with Crippen molar-refractivity contribution in [1.29, 1.82) is 0 Å². The van der Waals surface area contributed by atoms with E-state index < -0.39 is 0 Å². The van der Waals surface area contributed by atoms with Crippen molar-refractivity contribution >= 4 is 29.1 Å². The number of anilines is 1. The Morgan fingerprint density at radius 1 is 1.06 bits per heavy atom. The number of nitrogens with zero attached hydrogens (tertiary/aromatic N) is 4. The third kappa shape index (κ3) is 5.00. The molecule has 0 bridgehead atoms. The fraction of sp³-hybridized carbons (Fsp3) is 0.227. The van der Waals surface area contributed by atoms with Crippen LogP contribution in [-0.2, 0) is 17.6 Å². The summed E-state index contributed by atoms with van der Waals surface area (Å²) in [4.78, 5) is 27.4. The highest BCUT2D eigenvalue weighted by Crippen LogP contribution is 2.16. The number of thioether (sulfide) groups is 1. The molecule has 158 valence electrons. The van der Waals surface area contributed by atoms with Gasteiger partial charge in [-0.15, -0.1) is 10.2 Å². The Kier molecular flexibility index (Phi) is 6.13. The highest BCUT2D eigenvalue weighted by atomic mass is 32.2. The number of hydrogen-bond acceptors (Lipinski definition) is 6. The molecule has 4 aromatic rings. The van der Waals surface area contributed by atoms with Crippen LogP contribution in [-0.4, -0.2) is 36.5 Å². The Labute approximate surface area is 183 Å². The second-order valence-electron chi connectivity index (χ2n) is 7.17. The van der Waals surface area contributed by atoms with Gasteiger partial charge in [0.1, 0.15) is 5.69 Å². The number of aromatic nitrogens is 5. The summed E-state index contributed by atoms with van der Waals surface area (Å²) in [7, 11) is 0. The van der Waals surface area contributed by atoms with Gasteiger partial charge in [-0.25, -0.2) is 0 Å². The summed E-state index contributed by atoms with van der Waals surface area (Å²) in [5.74, 6) is 0.232. The van der Waals surface area contributed by atoms with Crippen molar-refractivity contribution in [2.75, 3.05) is 11.1 Å². The summed E-state index contributed by atoms with van der Waals surface area (Å²) in [6.07, 6.45) is 1.34. The van der Waals surface area contributed by atoms with E-state index in [2.05, 4.69) is 32.5 Å². The zero-order valence-electron chi connectivity index (χ0n) is 17.3. The molecule has 9 heteroatoms. The van der Waals surface area contributed by atoms with Gasteiger partial charge in [-0.1, -0.05) is 60.6 Å². The number of rotatable bonds is 7. The minimum absolute atomic E-state index is 0.143. The largest absolute Gasteiger partial charge is 0.325 e. The van der Waals surface area contributed by atoms with Crippen LogP contribution in [0.15, 0.2) is 58.5 Å². The van der Waals surface area contributed by atoms with E-state index >= 15 is 0 Å². The Hall–Kier alpha value is -3.46. The van der Waals surface area contributed by atoms with Crippen LogP contribution < -0.4 is 10.9 Å². The molecule has 8 nitrogen and oxygen atoms in total. The van der Waals surface area contributed by atoms with Crippen LogP contribution >= 0.6 is 11.8 Å². The topological polar surface area (TPSA) is 105 Å². The Morgan fingerprint density at radius 3 is 2.48 bits per heavy atom. The SMILES string of the molecule is CCc1ccc(NC(=O)CSc2nnc3[nH]c(=O)c(Cc4ccc(C)cc4)nn23)cc1. The maximum absolute atomic E-state index is 12.4. The van der Waals surface area contributed by atoms with Gasteiger partial charge in [0, 0.05) is 12.1 Å². The van der Waals surface area contributed by atoms with Gasteiger partial charge in [0.25, 0.3) is 11.3 Å². The molecule has 0 atom stereocenters. The average Bonchev–Trinajstić information content (AvgIpc) is 3.16. The molecule has 0 aliphatic heterocycles. The van der Waals surface area contributed by atoms with Crippen molar-refractivity contribution in [1.82, 2.24) is 24.8 Å². The van der Waals surface area contributed by atoms with Crippen molar-refractivity contribution in [3.63, 3.8) is 0 Å². The van der Waals surface area contributed by atoms with E-state index in [4.69, 9.17) is 0 Å². The highest BCUT2D eigenvalue weighted by molar-refractivity contribution is 7.99. The van der Waals surface area contributed by atoms with E-state index in [1.165, 1.54) is 21.8 Å². The normalized spacial score (nSPS) is 11.0. The summed E-state index contributed by atoms with van der Waals surface area (Å²) in [5.41, 5.74) is 4.15. The number of fused-ring (bicyclic) bond motifs is 1. The first-order valence-corrected chi connectivity index (χ1v) is 10.9. The predicted octanol–water partition coefficient (Wildman–Crippen LogP) is 3.01. The maximum atomic E-state index is 12.4. The van der Waals surface area contributed by atoms with Crippen molar-refractivity contribution in [2.45, 2.75) is 31.8 Å². The molecule has 0 aliphatic carbocycles. The molecule has 2 N–H and O–H groups in total. The monoisotopic (exact) mass is 434 g/mol. The fourth-order valence-corrected chi connectivity index (χ4v) is 3.71. The van der Waals surface area contributed by atoms with E-state index in [9.17, 15) is 9.59 Å². The van der Waals surface area contributed by atoms with Crippen molar-refractivity contribution < 1.29 is 4.79 Å². The molecule has 2 heterocycles. The molecule has 0 unspecified atom stereocenters. The quantitative estimate of drug-likeness (QED) is 0.433. The van der Waals surface area contributed by atoms with Gasteiger partial charge < -0.3 is 5.32 Å². The number of nitrogens with one attached hydrogen (secondary N) is 2. The summed E-state index contributed by atoms with van der Waals surface area (Å²) in [6.45, 7) is 4.10. The second-order valence-corrected chi connectivity index (χ2v) is 8.11. The minimum Gasteiger partial charge on any atom is -0.325 e. The summed E-state index contributed by atoms with van der Waals surface area (Å²) in [5, 5.41) is 15.8. The number of aryl methyl sites for hydroxylation is 2. The fourth-order valence-electron chi connectivity index (χ4n) is 3.03. The molecule has 31 heavy (non-hydrogen) atoms. The van der Waals surface area contributed by atoms with Crippen LogP contribution in [0.2, 0.25) is 0 Å². The molecule has 4 rings (SSSR count). The third-order valence-electron chi connectivity index (χ3n) is 4.79. The lowest BCUT2D eigenvalue weighted by Gasteiger charge is -2.06. The Morgan fingerprint density at radius 2 is 1.77 bits per heavy atom. The van der Waals surface area contributed by atoms with Crippen LogP contribution in [0.1, 0.15) is 29.3 Å². The van der Waals surface area contributed by atoms with Gasteiger partial charge in [0.15, 0.2) is 0 Å². The zero-order valence-corrected chi connectivity index (χ0v) is 18.1. The highest BCUT2D eigenvalue weighted by Gasteiger charge is 2.14. The predicted molar refractivity (Wildman–Crippen MR) is 121 cm³/mol. The number of amides is 1. The van der Waals surface area contributed by atoms with Crippen LogP contribution in [0.25, 0.3) is 5.78 Å². The smallest absolute Gasteiger partial charge is 0.274 e. The molecule has 2 aromatic heterocycles. The molecule has 1 amide bonds. The zero-order chi connectivity index (χ0) is 21.8. The second kappa shape index (κ2) is 9.13. The minimum atomic E-state index is -0.301. The molecule has 0 saturated carbocycles.